The van der Waals surface area contributed by atoms with Gasteiger partial charge in [-0.1, -0.05) is 6.92 Å². The van der Waals surface area contributed by atoms with E-state index in [1.165, 1.54) is 12.1 Å². The number of aryl methyl sites for hydroxylation is 2. The topological polar surface area (TPSA) is 55.9 Å². The van der Waals surface area contributed by atoms with Crippen LogP contribution in [-0.2, 0) is 13.5 Å². The number of hydrogen-bond acceptors (Lipinski definition) is 3. The fourth-order valence-corrected chi connectivity index (χ4v) is 1.68. The molecule has 5 heteroatoms. The first-order valence-corrected chi connectivity index (χ1v) is 5.44. The van der Waals surface area contributed by atoms with E-state index in [-0.39, 0.29) is 5.82 Å². The van der Waals surface area contributed by atoms with E-state index < -0.39 is 0 Å². The van der Waals surface area contributed by atoms with E-state index in [1.54, 1.807) is 10.7 Å². The van der Waals surface area contributed by atoms with Gasteiger partial charge in [0.2, 0.25) is 0 Å². The molecule has 0 fully saturated rings. The van der Waals surface area contributed by atoms with Gasteiger partial charge in [-0.05, 0) is 24.6 Å². The number of nitrogen functional groups attached to an aromatic ring is 1. The second kappa shape index (κ2) is 4.45. The van der Waals surface area contributed by atoms with E-state index in [1.807, 2.05) is 20.2 Å². The fraction of sp³-hybridized carbons (Fsp3) is 0.250. The summed E-state index contributed by atoms with van der Waals surface area (Å²) < 4.78 is 14.8. The Morgan fingerprint density at radius 3 is 2.88 bits per heavy atom. The molecule has 0 radical (unpaired) electrons. The summed E-state index contributed by atoms with van der Waals surface area (Å²) in [6.07, 6.45) is 2.65. The zero-order valence-corrected chi connectivity index (χ0v) is 9.87. The summed E-state index contributed by atoms with van der Waals surface area (Å²) in [6.45, 7) is 2.02. The molecular formula is C12H15FN4. The second-order valence-electron chi connectivity index (χ2n) is 3.87. The summed E-state index contributed by atoms with van der Waals surface area (Å²) >= 11 is 0. The van der Waals surface area contributed by atoms with Gasteiger partial charge in [0.15, 0.2) is 0 Å². The number of aromatic nitrogens is 2. The molecule has 0 unspecified atom stereocenters. The highest BCUT2D eigenvalue weighted by Gasteiger charge is 2.08. The third-order valence-electron chi connectivity index (χ3n) is 2.52. The molecular weight excluding hydrogens is 219 g/mol. The van der Waals surface area contributed by atoms with Gasteiger partial charge < -0.3 is 11.1 Å². The average Bonchev–Trinajstić information content (AvgIpc) is 2.64. The van der Waals surface area contributed by atoms with E-state index in [4.69, 9.17) is 5.73 Å². The monoisotopic (exact) mass is 234 g/mol. The van der Waals surface area contributed by atoms with E-state index in [0.29, 0.717) is 11.4 Å². The Hall–Kier alpha value is -2.04. The Balaban J connectivity index is 2.33. The van der Waals surface area contributed by atoms with Crippen molar-refractivity contribution in [3.63, 3.8) is 0 Å². The first-order valence-electron chi connectivity index (χ1n) is 5.44. The zero-order valence-electron chi connectivity index (χ0n) is 9.87. The largest absolute Gasteiger partial charge is 0.397 e. The van der Waals surface area contributed by atoms with Crippen molar-refractivity contribution in [2.75, 3.05) is 11.1 Å². The number of benzene rings is 1. The molecule has 0 aliphatic rings. The first kappa shape index (κ1) is 11.4. The van der Waals surface area contributed by atoms with Crippen LogP contribution >= 0.6 is 0 Å². The molecule has 0 spiro atoms. The molecule has 0 saturated carbocycles. The third kappa shape index (κ3) is 2.38. The summed E-state index contributed by atoms with van der Waals surface area (Å²) in [5.41, 5.74) is 8.63. The predicted molar refractivity (Wildman–Crippen MR) is 66.7 cm³/mol. The molecule has 0 saturated heterocycles. The Morgan fingerprint density at radius 2 is 2.18 bits per heavy atom. The number of anilines is 3. The van der Waals surface area contributed by atoms with Crippen molar-refractivity contribution in [1.82, 2.24) is 9.78 Å². The molecule has 4 nitrogen and oxygen atoms in total. The maximum atomic E-state index is 13.1. The van der Waals surface area contributed by atoms with Gasteiger partial charge in [0.25, 0.3) is 0 Å². The minimum absolute atomic E-state index is 0.316. The Labute approximate surface area is 99.2 Å². The molecule has 0 amide bonds. The van der Waals surface area contributed by atoms with Gasteiger partial charge in [-0.25, -0.2) is 4.39 Å². The number of nitrogens with two attached hydrogens (primary N) is 1. The minimum atomic E-state index is -0.316. The van der Waals surface area contributed by atoms with Crippen LogP contribution in [0.25, 0.3) is 0 Å². The summed E-state index contributed by atoms with van der Waals surface area (Å²) in [4.78, 5) is 0. The van der Waals surface area contributed by atoms with Gasteiger partial charge in [-0.2, -0.15) is 5.10 Å². The molecule has 3 N–H and O–H groups in total. The molecule has 1 heterocycles. The Morgan fingerprint density at radius 1 is 1.41 bits per heavy atom. The fourth-order valence-electron chi connectivity index (χ4n) is 1.68. The second-order valence-corrected chi connectivity index (χ2v) is 3.87. The van der Waals surface area contributed by atoms with E-state index in [9.17, 15) is 4.39 Å². The van der Waals surface area contributed by atoms with Crippen molar-refractivity contribution in [2.24, 2.45) is 7.05 Å². The molecule has 1 aromatic heterocycles. The van der Waals surface area contributed by atoms with E-state index >= 15 is 0 Å². The van der Waals surface area contributed by atoms with Crippen LogP contribution in [0.5, 0.6) is 0 Å². The van der Waals surface area contributed by atoms with Gasteiger partial charge in [0.1, 0.15) is 5.82 Å². The lowest BCUT2D eigenvalue weighted by Gasteiger charge is -2.08. The minimum Gasteiger partial charge on any atom is -0.397 e. The van der Waals surface area contributed by atoms with Gasteiger partial charge in [-0.15, -0.1) is 0 Å². The summed E-state index contributed by atoms with van der Waals surface area (Å²) in [7, 11) is 1.85. The molecule has 1 aromatic carbocycles. The highest BCUT2D eigenvalue weighted by Crippen LogP contribution is 2.25. The average molecular weight is 234 g/mol. The molecule has 17 heavy (non-hydrogen) atoms. The standard InChI is InChI=1S/C12H15FN4/c1-3-10-12(7-17(2)16-10)15-11-6-8(13)4-5-9(11)14/h4-7,15H,3,14H2,1-2H3. The van der Waals surface area contributed by atoms with Crippen molar-refractivity contribution in [1.29, 1.82) is 0 Å². The van der Waals surface area contributed by atoms with Crippen LogP contribution in [-0.4, -0.2) is 9.78 Å². The van der Waals surface area contributed by atoms with Crippen LogP contribution in [0, 0.1) is 5.82 Å². The summed E-state index contributed by atoms with van der Waals surface area (Å²) in [6, 6.07) is 4.26. The van der Waals surface area contributed by atoms with Crippen LogP contribution < -0.4 is 11.1 Å². The zero-order chi connectivity index (χ0) is 12.4. The number of rotatable bonds is 3. The molecule has 2 rings (SSSR count). The van der Waals surface area contributed by atoms with Crippen molar-refractivity contribution < 1.29 is 4.39 Å². The number of nitrogens with zero attached hydrogens (tertiary/aromatic N) is 2. The summed E-state index contributed by atoms with van der Waals surface area (Å²) in [5, 5.41) is 7.40. The normalized spacial score (nSPS) is 10.5. The first-order chi connectivity index (χ1) is 8.10. The van der Waals surface area contributed by atoms with Crippen LogP contribution in [0.3, 0.4) is 0 Å². The van der Waals surface area contributed by atoms with Crippen LogP contribution in [0.15, 0.2) is 24.4 Å². The quantitative estimate of drug-likeness (QED) is 0.802. The smallest absolute Gasteiger partial charge is 0.125 e. The molecule has 0 bridgehead atoms. The number of hydrogen-bond donors (Lipinski definition) is 2. The van der Waals surface area contributed by atoms with Gasteiger partial charge in [0, 0.05) is 13.2 Å². The molecule has 90 valence electrons. The maximum absolute atomic E-state index is 13.1. The molecule has 0 aliphatic heterocycles. The van der Waals surface area contributed by atoms with Crippen LogP contribution in [0.2, 0.25) is 0 Å². The van der Waals surface area contributed by atoms with Gasteiger partial charge >= 0.3 is 0 Å². The van der Waals surface area contributed by atoms with Crippen molar-refractivity contribution >= 4 is 17.1 Å². The van der Waals surface area contributed by atoms with Crippen molar-refractivity contribution in [2.45, 2.75) is 13.3 Å². The van der Waals surface area contributed by atoms with Crippen molar-refractivity contribution in [3.8, 4) is 0 Å². The maximum Gasteiger partial charge on any atom is 0.125 e. The van der Waals surface area contributed by atoms with Crippen LogP contribution in [0.4, 0.5) is 21.5 Å². The lowest BCUT2D eigenvalue weighted by atomic mass is 10.2. The summed E-state index contributed by atoms with van der Waals surface area (Å²) in [5.74, 6) is -0.316. The molecule has 0 atom stereocenters. The Bertz CT molecular complexity index is 533. The molecule has 2 aromatic rings. The van der Waals surface area contributed by atoms with Crippen molar-refractivity contribution in [3.05, 3.63) is 35.9 Å². The SMILES string of the molecule is CCc1nn(C)cc1Nc1cc(F)ccc1N. The lowest BCUT2D eigenvalue weighted by molar-refractivity contribution is 0.628. The number of nitrogens with one attached hydrogen (secondary N) is 1. The Kier molecular flexibility index (Phi) is 2.99. The predicted octanol–water partition coefficient (Wildman–Crippen LogP) is 2.45. The lowest BCUT2D eigenvalue weighted by Crippen LogP contribution is -1.98. The third-order valence-corrected chi connectivity index (χ3v) is 2.52. The number of halogens is 1. The van der Waals surface area contributed by atoms with E-state index in [0.717, 1.165) is 17.8 Å². The van der Waals surface area contributed by atoms with Gasteiger partial charge in [0.05, 0.1) is 22.8 Å². The highest BCUT2D eigenvalue weighted by molar-refractivity contribution is 5.73. The highest BCUT2D eigenvalue weighted by atomic mass is 19.1. The van der Waals surface area contributed by atoms with Gasteiger partial charge in [-0.3, -0.25) is 4.68 Å². The van der Waals surface area contributed by atoms with Crippen LogP contribution in [0.1, 0.15) is 12.6 Å². The van der Waals surface area contributed by atoms with E-state index in [2.05, 4.69) is 10.4 Å². The molecule has 0 aliphatic carbocycles.